The summed E-state index contributed by atoms with van der Waals surface area (Å²) in [6.07, 6.45) is 2.11. The van der Waals surface area contributed by atoms with Gasteiger partial charge in [0.1, 0.15) is 0 Å². The molecule has 5 rings (SSSR count). The molecule has 1 fully saturated rings. The zero-order chi connectivity index (χ0) is 23.4. The van der Waals surface area contributed by atoms with Gasteiger partial charge in [-0.2, -0.15) is 0 Å². The highest BCUT2D eigenvalue weighted by atomic mass is 35.5. The molecule has 2 unspecified atom stereocenters. The zero-order valence-corrected chi connectivity index (χ0v) is 19.1. The van der Waals surface area contributed by atoms with Gasteiger partial charge in [0.25, 0.3) is 11.8 Å². The Balaban J connectivity index is 1.42. The van der Waals surface area contributed by atoms with E-state index in [-0.39, 0.29) is 36.5 Å². The number of carbonyl (C=O) groups is 4. The van der Waals surface area contributed by atoms with E-state index in [1.807, 2.05) is 6.08 Å². The first-order chi connectivity index (χ1) is 15.8. The first-order valence-corrected chi connectivity index (χ1v) is 11.2. The van der Waals surface area contributed by atoms with Crippen LogP contribution in [-0.4, -0.2) is 23.6 Å². The maximum absolute atomic E-state index is 13.2. The van der Waals surface area contributed by atoms with E-state index in [1.54, 1.807) is 55.5 Å². The SMILES string of the molecule is CC1=CC(C2CC(=O)N(c3ccc(Cl)cc3)C2=O)CC2=C1C(=O)N(c1ccc(Cl)cc1)C2=O. The van der Waals surface area contributed by atoms with Crippen molar-refractivity contribution in [2.24, 2.45) is 11.8 Å². The summed E-state index contributed by atoms with van der Waals surface area (Å²) in [4.78, 5) is 54.6. The van der Waals surface area contributed by atoms with E-state index < -0.39 is 11.8 Å². The Morgan fingerprint density at radius 2 is 1.30 bits per heavy atom. The number of allylic oxidation sites excluding steroid dienone is 1. The molecule has 2 heterocycles. The number of hydrogen-bond donors (Lipinski definition) is 0. The molecule has 2 aromatic rings. The standard InChI is InChI=1S/C25H18Cl2N2O4/c1-13-10-14(19-12-21(30)28(23(19)31)17-6-2-15(26)3-7-17)11-20-22(13)25(33)29(24(20)32)18-8-4-16(27)5-9-18/h2-10,14,19H,11-12H2,1H3. The van der Waals surface area contributed by atoms with Gasteiger partial charge in [0.2, 0.25) is 11.8 Å². The lowest BCUT2D eigenvalue weighted by Gasteiger charge is -2.24. The highest BCUT2D eigenvalue weighted by Gasteiger charge is 2.48. The van der Waals surface area contributed by atoms with Gasteiger partial charge in [-0.1, -0.05) is 29.3 Å². The third-order valence-electron chi connectivity index (χ3n) is 6.35. The van der Waals surface area contributed by atoms with Gasteiger partial charge in [0.05, 0.1) is 22.9 Å². The first-order valence-electron chi connectivity index (χ1n) is 10.4. The smallest absolute Gasteiger partial charge is 0.266 e. The summed E-state index contributed by atoms with van der Waals surface area (Å²) >= 11 is 11.9. The zero-order valence-electron chi connectivity index (χ0n) is 17.5. The summed E-state index contributed by atoms with van der Waals surface area (Å²) in [5, 5.41) is 1.01. The number of nitrogens with zero attached hydrogens (tertiary/aromatic N) is 2. The van der Waals surface area contributed by atoms with Crippen LogP contribution in [0.15, 0.2) is 71.3 Å². The van der Waals surface area contributed by atoms with Crippen LogP contribution in [0.1, 0.15) is 19.8 Å². The number of benzene rings is 2. The molecule has 1 aliphatic carbocycles. The molecule has 2 aromatic carbocycles. The fourth-order valence-electron chi connectivity index (χ4n) is 4.80. The van der Waals surface area contributed by atoms with Crippen molar-refractivity contribution < 1.29 is 19.2 Å². The normalized spacial score (nSPS) is 22.9. The van der Waals surface area contributed by atoms with E-state index in [1.165, 1.54) is 4.90 Å². The Labute approximate surface area is 200 Å². The van der Waals surface area contributed by atoms with Gasteiger partial charge in [0.15, 0.2) is 0 Å². The molecular weight excluding hydrogens is 463 g/mol. The van der Waals surface area contributed by atoms with Gasteiger partial charge in [-0.25, -0.2) is 4.90 Å². The maximum Gasteiger partial charge on any atom is 0.266 e. The number of halogens is 2. The average molecular weight is 481 g/mol. The fraction of sp³-hybridized carbons (Fsp3) is 0.200. The van der Waals surface area contributed by atoms with Crippen LogP contribution >= 0.6 is 23.2 Å². The van der Waals surface area contributed by atoms with Crippen molar-refractivity contribution in [2.45, 2.75) is 19.8 Å². The number of amides is 4. The van der Waals surface area contributed by atoms with Crippen molar-refractivity contribution in [1.29, 1.82) is 0 Å². The summed E-state index contributed by atoms with van der Waals surface area (Å²) in [6, 6.07) is 13.0. The molecule has 33 heavy (non-hydrogen) atoms. The predicted molar refractivity (Wildman–Crippen MR) is 125 cm³/mol. The summed E-state index contributed by atoms with van der Waals surface area (Å²) in [7, 11) is 0. The average Bonchev–Trinajstić information content (AvgIpc) is 3.22. The molecule has 0 saturated carbocycles. The van der Waals surface area contributed by atoms with Gasteiger partial charge < -0.3 is 0 Å². The Morgan fingerprint density at radius 1 is 0.758 bits per heavy atom. The number of anilines is 2. The Bertz CT molecular complexity index is 1280. The highest BCUT2D eigenvalue weighted by molar-refractivity contribution is 6.35. The Hall–Kier alpha value is -3.22. The van der Waals surface area contributed by atoms with Crippen molar-refractivity contribution in [2.75, 3.05) is 9.80 Å². The number of carbonyl (C=O) groups excluding carboxylic acids is 4. The van der Waals surface area contributed by atoms with Gasteiger partial charge in [-0.3, -0.25) is 24.1 Å². The van der Waals surface area contributed by atoms with Crippen LogP contribution in [0.5, 0.6) is 0 Å². The monoisotopic (exact) mass is 480 g/mol. The van der Waals surface area contributed by atoms with E-state index in [2.05, 4.69) is 0 Å². The number of rotatable bonds is 3. The quantitative estimate of drug-likeness (QED) is 0.596. The Kier molecular flexibility index (Phi) is 5.22. The topological polar surface area (TPSA) is 74.8 Å². The van der Waals surface area contributed by atoms with E-state index in [4.69, 9.17) is 23.2 Å². The number of imide groups is 2. The van der Waals surface area contributed by atoms with Crippen LogP contribution in [0.4, 0.5) is 11.4 Å². The lowest BCUT2D eigenvalue weighted by molar-refractivity contribution is -0.123. The van der Waals surface area contributed by atoms with Gasteiger partial charge in [0, 0.05) is 22.0 Å². The van der Waals surface area contributed by atoms with Crippen molar-refractivity contribution in [3.05, 3.63) is 81.4 Å². The van der Waals surface area contributed by atoms with Crippen LogP contribution in [0, 0.1) is 11.8 Å². The molecule has 166 valence electrons. The van der Waals surface area contributed by atoms with Crippen LogP contribution in [0.25, 0.3) is 0 Å². The van der Waals surface area contributed by atoms with Crippen LogP contribution in [0.2, 0.25) is 10.0 Å². The highest BCUT2D eigenvalue weighted by Crippen LogP contribution is 2.43. The molecule has 0 N–H and O–H groups in total. The molecule has 1 saturated heterocycles. The predicted octanol–water partition coefficient (Wildman–Crippen LogP) is 4.71. The molecule has 4 amide bonds. The van der Waals surface area contributed by atoms with Crippen molar-refractivity contribution >= 4 is 58.2 Å². The third kappa shape index (κ3) is 3.50. The summed E-state index contributed by atoms with van der Waals surface area (Å²) in [5.41, 5.74) is 2.30. The van der Waals surface area contributed by atoms with E-state index in [0.29, 0.717) is 38.1 Å². The van der Waals surface area contributed by atoms with Crippen LogP contribution in [-0.2, 0) is 19.2 Å². The molecule has 3 aliphatic rings. The first kappa shape index (κ1) is 21.6. The minimum absolute atomic E-state index is 0.0432. The second kappa shape index (κ2) is 7.97. The van der Waals surface area contributed by atoms with Gasteiger partial charge >= 0.3 is 0 Å². The third-order valence-corrected chi connectivity index (χ3v) is 6.85. The van der Waals surface area contributed by atoms with E-state index in [0.717, 1.165) is 4.90 Å². The second-order valence-corrected chi connectivity index (χ2v) is 9.22. The van der Waals surface area contributed by atoms with E-state index in [9.17, 15) is 19.2 Å². The lowest BCUT2D eigenvalue weighted by Crippen LogP contribution is -2.33. The summed E-state index contributed by atoms with van der Waals surface area (Å²) in [6.45, 7) is 1.76. The second-order valence-electron chi connectivity index (χ2n) is 8.35. The molecule has 0 aromatic heterocycles. The minimum Gasteiger partial charge on any atom is -0.274 e. The molecule has 6 nitrogen and oxygen atoms in total. The van der Waals surface area contributed by atoms with Gasteiger partial charge in [-0.05, 0) is 73.4 Å². The molecule has 0 bridgehead atoms. The largest absolute Gasteiger partial charge is 0.274 e. The van der Waals surface area contributed by atoms with E-state index >= 15 is 0 Å². The fourth-order valence-corrected chi connectivity index (χ4v) is 5.06. The van der Waals surface area contributed by atoms with Gasteiger partial charge in [-0.15, -0.1) is 0 Å². The molecule has 2 atom stereocenters. The van der Waals surface area contributed by atoms with Crippen molar-refractivity contribution in [1.82, 2.24) is 0 Å². The van der Waals surface area contributed by atoms with Crippen LogP contribution in [0.3, 0.4) is 0 Å². The lowest BCUT2D eigenvalue weighted by atomic mass is 9.78. The summed E-state index contributed by atoms with van der Waals surface area (Å²) < 4.78 is 0. The Morgan fingerprint density at radius 3 is 1.88 bits per heavy atom. The van der Waals surface area contributed by atoms with Crippen molar-refractivity contribution in [3.63, 3.8) is 0 Å². The molecule has 8 heteroatoms. The molecular formula is C25H18Cl2N2O4. The maximum atomic E-state index is 13.2. The van der Waals surface area contributed by atoms with Crippen molar-refractivity contribution in [3.8, 4) is 0 Å². The number of hydrogen-bond acceptors (Lipinski definition) is 4. The summed E-state index contributed by atoms with van der Waals surface area (Å²) in [5.74, 6) is -2.37. The molecule has 0 radical (unpaired) electrons. The minimum atomic E-state index is -0.607. The molecule has 0 spiro atoms. The molecule has 2 aliphatic heterocycles. The van der Waals surface area contributed by atoms with Crippen LogP contribution < -0.4 is 9.80 Å².